The van der Waals surface area contributed by atoms with Gasteiger partial charge in [-0.2, -0.15) is 4.99 Å². The molecule has 2 aliphatic heterocycles. The number of hydrogen-bond donors (Lipinski definition) is 0. The summed E-state index contributed by atoms with van der Waals surface area (Å²) in [4.78, 5) is 18.2. The first-order chi connectivity index (χ1) is 11.3. The van der Waals surface area contributed by atoms with E-state index in [4.69, 9.17) is 4.74 Å². The first-order valence-corrected chi connectivity index (χ1v) is 10.4. The van der Waals surface area contributed by atoms with Crippen LogP contribution in [0.1, 0.15) is 13.8 Å². The van der Waals surface area contributed by atoms with Gasteiger partial charge in [-0.3, -0.25) is 4.79 Å². The molecule has 0 spiro atoms. The van der Waals surface area contributed by atoms with Gasteiger partial charge >= 0.3 is 0 Å². The average Bonchev–Trinajstić information content (AvgIpc) is 2.98. The Hall–Kier alpha value is -1.54. The number of amidine groups is 1. The van der Waals surface area contributed by atoms with Crippen LogP contribution in [0, 0.1) is 5.92 Å². The fourth-order valence-electron chi connectivity index (χ4n) is 2.83. The molecule has 2 fully saturated rings. The summed E-state index contributed by atoms with van der Waals surface area (Å²) in [6.45, 7) is 3.60. The highest BCUT2D eigenvalue weighted by Gasteiger charge is 2.49. The standard InChI is InChI=1S/C16H20N2O4S2/c1-10(2)15(19)17-16-18(11-4-6-12(22-3)7-5-11)13-8-24(20,21)9-14(13)23-16/h4-7,10,13-14H,8-9H2,1-3H3/t13-,14+/m1/s1. The van der Waals surface area contributed by atoms with Crippen molar-refractivity contribution in [3.05, 3.63) is 24.3 Å². The lowest BCUT2D eigenvalue weighted by molar-refractivity contribution is -0.120. The van der Waals surface area contributed by atoms with E-state index in [0.29, 0.717) is 5.17 Å². The lowest BCUT2D eigenvalue weighted by atomic mass is 10.2. The summed E-state index contributed by atoms with van der Waals surface area (Å²) in [5.41, 5.74) is 0.822. The van der Waals surface area contributed by atoms with Gasteiger partial charge in [0.1, 0.15) is 5.75 Å². The number of hydrogen-bond acceptors (Lipinski definition) is 5. The minimum absolute atomic E-state index is 0.0872. The van der Waals surface area contributed by atoms with Gasteiger partial charge in [0, 0.05) is 16.9 Å². The van der Waals surface area contributed by atoms with Crippen molar-refractivity contribution in [1.29, 1.82) is 0 Å². The number of aliphatic imine (C=N–C) groups is 1. The predicted octanol–water partition coefficient (Wildman–Crippen LogP) is 1.95. The zero-order valence-corrected chi connectivity index (χ0v) is 15.4. The van der Waals surface area contributed by atoms with E-state index in [1.54, 1.807) is 21.0 Å². The Morgan fingerprint density at radius 3 is 2.54 bits per heavy atom. The van der Waals surface area contributed by atoms with E-state index in [9.17, 15) is 13.2 Å². The predicted molar refractivity (Wildman–Crippen MR) is 96.6 cm³/mol. The molecular formula is C16H20N2O4S2. The maximum atomic E-state index is 12.1. The number of methoxy groups -OCH3 is 1. The van der Waals surface area contributed by atoms with Crippen molar-refractivity contribution < 1.29 is 17.9 Å². The maximum absolute atomic E-state index is 12.1. The summed E-state index contributed by atoms with van der Waals surface area (Å²) in [7, 11) is -1.46. The summed E-state index contributed by atoms with van der Waals surface area (Å²) in [6, 6.07) is 7.17. The molecule has 1 aromatic carbocycles. The summed E-state index contributed by atoms with van der Waals surface area (Å²) in [6.07, 6.45) is 0. The number of rotatable bonds is 3. The van der Waals surface area contributed by atoms with Crippen LogP contribution >= 0.6 is 11.8 Å². The number of carbonyl (C=O) groups is 1. The molecule has 0 bridgehead atoms. The van der Waals surface area contributed by atoms with Gasteiger partial charge in [-0.25, -0.2) is 8.42 Å². The van der Waals surface area contributed by atoms with Crippen LogP contribution in [0.4, 0.5) is 5.69 Å². The van der Waals surface area contributed by atoms with Crippen LogP contribution in [-0.2, 0) is 14.6 Å². The molecule has 1 aromatic rings. The van der Waals surface area contributed by atoms with Crippen molar-refractivity contribution in [2.75, 3.05) is 23.5 Å². The first-order valence-electron chi connectivity index (χ1n) is 7.73. The number of nitrogens with zero attached hydrogens (tertiary/aromatic N) is 2. The van der Waals surface area contributed by atoms with Crippen molar-refractivity contribution in [2.24, 2.45) is 10.9 Å². The largest absolute Gasteiger partial charge is 0.497 e. The second-order valence-corrected chi connectivity index (χ2v) is 9.62. The molecule has 0 aromatic heterocycles. The Morgan fingerprint density at radius 2 is 1.96 bits per heavy atom. The minimum Gasteiger partial charge on any atom is -0.497 e. The molecule has 6 nitrogen and oxygen atoms in total. The number of amides is 1. The Balaban J connectivity index is 1.99. The Kier molecular flexibility index (Phi) is 4.61. The van der Waals surface area contributed by atoms with Crippen molar-refractivity contribution in [2.45, 2.75) is 25.1 Å². The van der Waals surface area contributed by atoms with Gasteiger partial charge in [-0.15, -0.1) is 0 Å². The molecule has 1 amide bonds. The quantitative estimate of drug-likeness (QED) is 0.812. The molecular weight excluding hydrogens is 348 g/mol. The molecule has 0 N–H and O–H groups in total. The summed E-state index contributed by atoms with van der Waals surface area (Å²) >= 11 is 1.39. The fourth-order valence-corrected chi connectivity index (χ4v) is 6.75. The molecule has 2 atom stereocenters. The highest BCUT2D eigenvalue weighted by Crippen LogP contribution is 2.41. The van der Waals surface area contributed by atoms with E-state index in [1.165, 1.54) is 11.8 Å². The molecule has 130 valence electrons. The third-order valence-corrected chi connectivity index (χ3v) is 7.33. The van der Waals surface area contributed by atoms with Crippen LogP contribution in [0.5, 0.6) is 5.75 Å². The average molecular weight is 368 g/mol. The number of benzene rings is 1. The molecule has 3 rings (SSSR count). The molecule has 8 heteroatoms. The van der Waals surface area contributed by atoms with Crippen molar-refractivity contribution in [3.8, 4) is 5.75 Å². The smallest absolute Gasteiger partial charge is 0.250 e. The number of sulfone groups is 1. The lowest BCUT2D eigenvalue weighted by Gasteiger charge is -2.24. The molecule has 0 radical (unpaired) electrons. The van der Waals surface area contributed by atoms with Gasteiger partial charge in [0.25, 0.3) is 5.91 Å². The van der Waals surface area contributed by atoms with Gasteiger partial charge in [0.05, 0.1) is 24.7 Å². The molecule has 24 heavy (non-hydrogen) atoms. The van der Waals surface area contributed by atoms with Gasteiger partial charge < -0.3 is 9.64 Å². The van der Waals surface area contributed by atoms with Gasteiger partial charge in [0.2, 0.25) is 0 Å². The molecule has 2 aliphatic rings. The number of anilines is 1. The van der Waals surface area contributed by atoms with Gasteiger partial charge in [0.15, 0.2) is 15.0 Å². The second kappa shape index (κ2) is 6.40. The number of fused-ring (bicyclic) bond motifs is 1. The van der Waals surface area contributed by atoms with E-state index in [2.05, 4.69) is 4.99 Å². The van der Waals surface area contributed by atoms with Crippen LogP contribution in [-0.4, -0.2) is 49.4 Å². The van der Waals surface area contributed by atoms with Crippen LogP contribution < -0.4 is 9.64 Å². The van der Waals surface area contributed by atoms with Crippen LogP contribution in [0.2, 0.25) is 0 Å². The Bertz CT molecular complexity index is 772. The normalized spacial score (nSPS) is 26.8. The monoisotopic (exact) mass is 368 g/mol. The van der Waals surface area contributed by atoms with Gasteiger partial charge in [-0.1, -0.05) is 25.6 Å². The highest BCUT2D eigenvalue weighted by molar-refractivity contribution is 8.16. The minimum atomic E-state index is -3.05. The van der Waals surface area contributed by atoms with Crippen molar-refractivity contribution >= 4 is 38.4 Å². The SMILES string of the molecule is COc1ccc(N2C(=NC(=O)C(C)C)S[C@H]3CS(=O)(=O)C[C@H]32)cc1. The topological polar surface area (TPSA) is 76.0 Å². The number of thioether (sulfide) groups is 1. The van der Waals surface area contributed by atoms with E-state index >= 15 is 0 Å². The molecule has 0 saturated carbocycles. The second-order valence-electron chi connectivity index (χ2n) is 6.26. The third-order valence-electron chi connectivity index (χ3n) is 4.12. The van der Waals surface area contributed by atoms with Crippen LogP contribution in [0.3, 0.4) is 0 Å². The van der Waals surface area contributed by atoms with E-state index < -0.39 is 9.84 Å². The molecule has 0 unspecified atom stereocenters. The highest BCUT2D eigenvalue weighted by atomic mass is 32.2. The number of carbonyl (C=O) groups excluding carboxylic acids is 1. The van der Waals surface area contributed by atoms with Gasteiger partial charge in [-0.05, 0) is 24.3 Å². The summed E-state index contributed by atoms with van der Waals surface area (Å²) < 4.78 is 29.2. The molecule has 2 heterocycles. The fraction of sp³-hybridized carbons (Fsp3) is 0.500. The van der Waals surface area contributed by atoms with Crippen molar-refractivity contribution in [1.82, 2.24) is 0 Å². The first kappa shape index (κ1) is 17.3. The lowest BCUT2D eigenvalue weighted by Crippen LogP contribution is -2.37. The summed E-state index contributed by atoms with van der Waals surface area (Å²) in [5, 5.41) is 0.500. The van der Waals surface area contributed by atoms with Crippen LogP contribution in [0.15, 0.2) is 29.3 Å². The summed E-state index contributed by atoms with van der Waals surface area (Å²) in [5.74, 6) is 0.548. The third kappa shape index (κ3) is 3.30. The molecule has 0 aliphatic carbocycles. The van der Waals surface area contributed by atoms with Crippen molar-refractivity contribution in [3.63, 3.8) is 0 Å². The van der Waals surface area contributed by atoms with E-state index in [0.717, 1.165) is 11.4 Å². The van der Waals surface area contributed by atoms with Crippen LogP contribution in [0.25, 0.3) is 0 Å². The maximum Gasteiger partial charge on any atom is 0.250 e. The Labute approximate surface area is 146 Å². The van der Waals surface area contributed by atoms with E-state index in [1.807, 2.05) is 29.2 Å². The Morgan fingerprint density at radius 1 is 1.29 bits per heavy atom. The number of ether oxygens (including phenoxy) is 1. The van der Waals surface area contributed by atoms with E-state index in [-0.39, 0.29) is 34.6 Å². The molecule has 2 saturated heterocycles. The zero-order valence-electron chi connectivity index (χ0n) is 13.8. The zero-order chi connectivity index (χ0) is 17.5.